The van der Waals surface area contributed by atoms with Crippen molar-refractivity contribution in [2.24, 2.45) is 16.0 Å². The highest BCUT2D eigenvalue weighted by atomic mass is 32.3. The lowest BCUT2D eigenvalue weighted by Gasteiger charge is -2.14. The largest absolute Gasteiger partial charge is 0.504 e. The minimum atomic E-state index is -5.41. The van der Waals surface area contributed by atoms with Crippen LogP contribution in [0.3, 0.4) is 0 Å². The summed E-state index contributed by atoms with van der Waals surface area (Å²) in [7, 11) is -31.0. The molecule has 1 heterocycles. The number of nitrogens with one attached hydrogen (secondary N) is 3. The Kier molecular flexibility index (Phi) is 13.3. The van der Waals surface area contributed by atoms with Gasteiger partial charge in [-0.15, -0.1) is 10.2 Å². The van der Waals surface area contributed by atoms with E-state index in [2.05, 4.69) is 45.3 Å². The van der Waals surface area contributed by atoms with E-state index in [9.17, 15) is 83.0 Å². The molecule has 0 radical (unpaired) electrons. The number of benzene rings is 4. The Morgan fingerprint density at radius 1 is 0.656 bits per heavy atom. The van der Waals surface area contributed by atoms with Gasteiger partial charge in [-0.2, -0.15) is 61.4 Å². The van der Waals surface area contributed by atoms with Crippen LogP contribution in [-0.2, 0) is 64.9 Å². The van der Waals surface area contributed by atoms with E-state index >= 15 is 0 Å². The average molecular weight is 1020 g/mol. The first-order chi connectivity index (χ1) is 29.2. The van der Waals surface area contributed by atoms with Crippen LogP contribution < -0.4 is 21.7 Å². The number of anilines is 5. The molecule has 0 bridgehead atoms. The number of sulfone groups is 1. The maximum atomic E-state index is 14.7. The molecule has 344 valence electrons. The first-order valence-corrected chi connectivity index (χ1v) is 24.8. The molecule has 0 unspecified atom stereocenters. The Balaban J connectivity index is 1.53. The first kappa shape index (κ1) is 48.8. The third-order valence-corrected chi connectivity index (χ3v) is 13.3. The normalized spacial score (nSPS) is 13.0. The third-order valence-electron chi connectivity index (χ3n) is 7.72. The molecule has 5 rings (SSSR count). The highest BCUT2D eigenvalue weighted by Crippen LogP contribution is 2.39. The van der Waals surface area contributed by atoms with Gasteiger partial charge in [-0.1, -0.05) is 0 Å². The van der Waals surface area contributed by atoms with Crippen molar-refractivity contribution in [3.63, 3.8) is 0 Å². The van der Waals surface area contributed by atoms with Crippen LogP contribution in [0.1, 0.15) is 0 Å². The SMILES string of the molecule is NC(=O)Nc1cc(Nc2nc(F)nc(Nc3cc(S(=O)(=O)CCOS(=O)(=O)O)cc(S(=O)(=O)O)c3O)n2)ccc1/N=N/c1cc2c(S(=O)(=O)O)cc(S(=O)(=O)O)cc2cc1S(=O)(=O)O. The molecule has 0 atom stereocenters. The zero-order valence-corrected chi connectivity index (χ0v) is 35.5. The maximum Gasteiger partial charge on any atom is 0.397 e. The molecule has 36 heteroatoms. The van der Waals surface area contributed by atoms with Crippen LogP contribution in [0.25, 0.3) is 10.8 Å². The Morgan fingerprint density at radius 3 is 1.80 bits per heavy atom. The maximum absolute atomic E-state index is 14.7. The summed E-state index contributed by atoms with van der Waals surface area (Å²) in [5, 5.41) is 23.6. The van der Waals surface area contributed by atoms with Crippen molar-refractivity contribution in [1.82, 2.24) is 15.0 Å². The summed E-state index contributed by atoms with van der Waals surface area (Å²) < 4.78 is 210. The number of carbonyl (C=O) groups is 1. The lowest BCUT2D eigenvalue weighted by Crippen LogP contribution is -2.19. The van der Waals surface area contributed by atoms with Crippen LogP contribution in [-0.4, -0.2) is 112 Å². The predicted molar refractivity (Wildman–Crippen MR) is 211 cm³/mol. The lowest BCUT2D eigenvalue weighted by molar-refractivity contribution is 0.259. The van der Waals surface area contributed by atoms with E-state index < -0.39 is 149 Å². The molecule has 0 saturated carbocycles. The number of urea groups is 1. The Labute approximate surface area is 358 Å². The highest BCUT2D eigenvalue weighted by Gasteiger charge is 2.28. The minimum Gasteiger partial charge on any atom is -0.504 e. The zero-order chi connectivity index (χ0) is 48.0. The van der Waals surface area contributed by atoms with Crippen LogP contribution in [0.5, 0.6) is 5.75 Å². The number of nitrogens with zero attached hydrogens (tertiary/aromatic N) is 5. The van der Waals surface area contributed by atoms with E-state index in [0.717, 1.165) is 18.2 Å². The summed E-state index contributed by atoms with van der Waals surface area (Å²) >= 11 is 0. The monoisotopic (exact) mass is 1020 g/mol. The Hall–Kier alpha value is -6.19. The fraction of sp³-hybridized carbons (Fsp3) is 0.0714. The van der Waals surface area contributed by atoms with Crippen LogP contribution >= 0.6 is 0 Å². The van der Waals surface area contributed by atoms with Crippen molar-refractivity contribution >= 4 is 118 Å². The minimum absolute atomic E-state index is 0.160. The van der Waals surface area contributed by atoms with Crippen LogP contribution in [0, 0.1) is 6.08 Å². The van der Waals surface area contributed by atoms with Gasteiger partial charge in [0, 0.05) is 11.1 Å². The van der Waals surface area contributed by atoms with E-state index in [1.165, 1.54) is 0 Å². The highest BCUT2D eigenvalue weighted by molar-refractivity contribution is 7.91. The van der Waals surface area contributed by atoms with Gasteiger partial charge < -0.3 is 26.8 Å². The van der Waals surface area contributed by atoms with Gasteiger partial charge >= 0.3 is 22.5 Å². The van der Waals surface area contributed by atoms with Crippen LogP contribution in [0.4, 0.5) is 49.5 Å². The Morgan fingerprint density at radius 2 is 1.23 bits per heavy atom. The number of rotatable bonds is 16. The van der Waals surface area contributed by atoms with E-state index in [-0.39, 0.29) is 23.1 Å². The number of amides is 2. The van der Waals surface area contributed by atoms with E-state index in [4.69, 9.17) is 10.3 Å². The lowest BCUT2D eigenvalue weighted by atomic mass is 10.1. The summed E-state index contributed by atoms with van der Waals surface area (Å²) in [5.41, 5.74) is 2.60. The van der Waals surface area contributed by atoms with Gasteiger partial charge in [0.05, 0.1) is 33.5 Å². The molecule has 0 aliphatic heterocycles. The fourth-order valence-electron chi connectivity index (χ4n) is 5.14. The predicted octanol–water partition coefficient (Wildman–Crippen LogP) is 1.84. The van der Waals surface area contributed by atoms with Crippen molar-refractivity contribution in [1.29, 1.82) is 0 Å². The van der Waals surface area contributed by atoms with Crippen LogP contribution in [0.2, 0.25) is 0 Å². The summed E-state index contributed by atoms with van der Waals surface area (Å²) in [4.78, 5) is 16.6. The molecule has 0 saturated heterocycles. The van der Waals surface area contributed by atoms with Gasteiger partial charge in [-0.05, 0) is 60.0 Å². The molecule has 4 aromatic carbocycles. The topological polar surface area (TPSA) is 478 Å². The van der Waals surface area contributed by atoms with Crippen LogP contribution in [0.15, 0.2) is 89.3 Å². The molecular formula is C28H24FN9O20S6. The van der Waals surface area contributed by atoms with E-state index in [1.807, 2.05) is 0 Å². The molecule has 29 nitrogen and oxygen atoms in total. The van der Waals surface area contributed by atoms with Crippen molar-refractivity contribution in [2.45, 2.75) is 24.5 Å². The van der Waals surface area contributed by atoms with Crippen molar-refractivity contribution in [3.05, 3.63) is 60.7 Å². The number of halogens is 1. The first-order valence-electron chi connectivity index (χ1n) is 16.0. The zero-order valence-electron chi connectivity index (χ0n) is 30.6. The quantitative estimate of drug-likeness (QED) is 0.0383. The average Bonchev–Trinajstić information content (AvgIpc) is 3.11. The van der Waals surface area contributed by atoms with Crippen molar-refractivity contribution < 1.29 is 91.7 Å². The summed E-state index contributed by atoms with van der Waals surface area (Å²) in [6, 6.07) is 4.86. The van der Waals surface area contributed by atoms with Gasteiger partial charge in [0.1, 0.15) is 26.1 Å². The fourth-order valence-corrected chi connectivity index (χ4v) is 9.37. The molecule has 0 aliphatic carbocycles. The number of aromatic hydroxyl groups is 1. The standard InChI is InChI=1S/C28H24FN9O20S6/c29-25-34-27(36-28(35-25)33-20-8-14(9-23(24(20)39)63(52,53)54)59(41,42)4-3-58-64(55,56)57)31-13-1-2-17(18(7-13)32-26(30)40)37-38-19-11-16-12(6-22(19)62(49,50)51)5-15(60(43,44)45)10-21(16)61(46,47)48/h1-2,5-11,39H,3-4H2,(H3,30,32,40)(H,43,44,45)(H,46,47,48)(H,49,50,51)(H,52,53,54)(H,55,56,57)(H2,31,33,34,35,36)/b38-37+. The molecule has 0 aliphatic rings. The van der Waals surface area contributed by atoms with Gasteiger partial charge in [0.2, 0.25) is 11.9 Å². The summed E-state index contributed by atoms with van der Waals surface area (Å²) in [6.07, 6.45) is -1.59. The number of phenols is 1. The van der Waals surface area contributed by atoms with Gasteiger partial charge in [0.15, 0.2) is 15.6 Å². The number of nitrogens with two attached hydrogens (primary N) is 1. The number of primary amides is 1. The molecule has 1 aromatic heterocycles. The second-order valence-corrected chi connectivity index (χ2v) is 21.0. The molecular weight excluding hydrogens is 994 g/mol. The van der Waals surface area contributed by atoms with E-state index in [1.54, 1.807) is 0 Å². The smallest absolute Gasteiger partial charge is 0.397 e. The number of aromatic nitrogens is 3. The molecule has 5 aromatic rings. The Bertz CT molecular complexity index is 3510. The second kappa shape index (κ2) is 17.4. The van der Waals surface area contributed by atoms with E-state index in [0.29, 0.717) is 30.3 Å². The van der Waals surface area contributed by atoms with Crippen molar-refractivity contribution in [2.75, 3.05) is 28.3 Å². The number of hydrogen-bond acceptors (Lipinski definition) is 22. The summed E-state index contributed by atoms with van der Waals surface area (Å²) in [5.74, 6) is -4.15. The van der Waals surface area contributed by atoms with Gasteiger partial charge in [-0.3, -0.25) is 22.8 Å². The molecule has 2 amide bonds. The number of phenolic OH excluding ortho intramolecular Hbond substituents is 1. The summed E-state index contributed by atoms with van der Waals surface area (Å²) in [6.45, 7) is -1.18. The number of carbonyl (C=O) groups excluding carboxylic acids is 1. The number of hydrogen-bond donors (Lipinski definition) is 10. The second-order valence-electron chi connectivity index (χ2n) is 12.2. The number of azo groups is 1. The number of fused-ring (bicyclic) bond motifs is 1. The van der Waals surface area contributed by atoms with Gasteiger partial charge in [-0.25, -0.2) is 17.4 Å². The molecule has 64 heavy (non-hydrogen) atoms. The third kappa shape index (κ3) is 12.1. The molecule has 0 fully saturated rings. The van der Waals surface area contributed by atoms with Crippen molar-refractivity contribution in [3.8, 4) is 5.75 Å². The molecule has 0 spiro atoms. The van der Waals surface area contributed by atoms with Gasteiger partial charge in [0.25, 0.3) is 40.5 Å². The molecule has 11 N–H and O–H groups in total.